The SMILES string of the molecule is CCN(Cc1cc(CO)ccc1C)C(=O)OCc1ccccc1. The first-order valence-corrected chi connectivity index (χ1v) is 7.79. The monoisotopic (exact) mass is 313 g/mol. The van der Waals surface area contributed by atoms with Crippen molar-refractivity contribution in [3.63, 3.8) is 0 Å². The average Bonchev–Trinajstić information content (AvgIpc) is 2.59. The molecular weight excluding hydrogens is 290 g/mol. The van der Waals surface area contributed by atoms with E-state index >= 15 is 0 Å². The van der Waals surface area contributed by atoms with Crippen LogP contribution in [0.3, 0.4) is 0 Å². The van der Waals surface area contributed by atoms with Gasteiger partial charge in [-0.3, -0.25) is 0 Å². The van der Waals surface area contributed by atoms with E-state index in [-0.39, 0.29) is 19.3 Å². The van der Waals surface area contributed by atoms with Gasteiger partial charge in [0.1, 0.15) is 6.61 Å². The molecule has 0 aliphatic carbocycles. The Morgan fingerprint density at radius 2 is 1.87 bits per heavy atom. The summed E-state index contributed by atoms with van der Waals surface area (Å²) >= 11 is 0. The van der Waals surface area contributed by atoms with Crippen molar-refractivity contribution in [1.29, 1.82) is 0 Å². The molecule has 0 aliphatic heterocycles. The fraction of sp³-hybridized carbons (Fsp3) is 0.316. The van der Waals surface area contributed by atoms with Crippen LogP contribution in [0.2, 0.25) is 0 Å². The van der Waals surface area contributed by atoms with E-state index in [1.807, 2.05) is 62.4 Å². The van der Waals surface area contributed by atoms with Crippen LogP contribution in [0.15, 0.2) is 48.5 Å². The average molecular weight is 313 g/mol. The van der Waals surface area contributed by atoms with E-state index in [1.54, 1.807) is 4.90 Å². The summed E-state index contributed by atoms with van der Waals surface area (Å²) in [6.07, 6.45) is -0.329. The fourth-order valence-electron chi connectivity index (χ4n) is 2.32. The van der Waals surface area contributed by atoms with E-state index in [9.17, 15) is 9.90 Å². The van der Waals surface area contributed by atoms with Gasteiger partial charge in [-0.1, -0.05) is 48.5 Å². The summed E-state index contributed by atoms with van der Waals surface area (Å²) in [4.78, 5) is 13.9. The van der Waals surface area contributed by atoms with Gasteiger partial charge in [0.2, 0.25) is 0 Å². The summed E-state index contributed by atoms with van der Waals surface area (Å²) in [7, 11) is 0. The molecule has 4 heteroatoms. The highest BCUT2D eigenvalue weighted by molar-refractivity contribution is 5.67. The number of nitrogens with zero attached hydrogens (tertiary/aromatic N) is 1. The van der Waals surface area contributed by atoms with Gasteiger partial charge in [0.25, 0.3) is 0 Å². The van der Waals surface area contributed by atoms with Gasteiger partial charge in [-0.2, -0.15) is 0 Å². The Balaban J connectivity index is 2.00. The normalized spacial score (nSPS) is 10.4. The molecule has 1 N–H and O–H groups in total. The van der Waals surface area contributed by atoms with Gasteiger partial charge in [-0.25, -0.2) is 4.79 Å². The number of amides is 1. The maximum Gasteiger partial charge on any atom is 0.410 e. The van der Waals surface area contributed by atoms with Gasteiger partial charge in [-0.15, -0.1) is 0 Å². The smallest absolute Gasteiger partial charge is 0.410 e. The summed E-state index contributed by atoms with van der Waals surface area (Å²) in [6, 6.07) is 15.4. The topological polar surface area (TPSA) is 49.8 Å². The molecule has 1 amide bonds. The van der Waals surface area contributed by atoms with Crippen LogP contribution in [0.5, 0.6) is 0 Å². The van der Waals surface area contributed by atoms with Gasteiger partial charge in [0.15, 0.2) is 0 Å². The summed E-state index contributed by atoms with van der Waals surface area (Å²) in [5, 5.41) is 9.26. The Bertz CT molecular complexity index is 640. The third kappa shape index (κ3) is 4.83. The lowest BCUT2D eigenvalue weighted by molar-refractivity contribution is 0.0956. The summed E-state index contributed by atoms with van der Waals surface area (Å²) in [6.45, 7) is 5.23. The van der Waals surface area contributed by atoms with Crippen LogP contribution >= 0.6 is 0 Å². The molecule has 0 atom stereocenters. The van der Waals surface area contributed by atoms with Crippen molar-refractivity contribution in [2.24, 2.45) is 0 Å². The lowest BCUT2D eigenvalue weighted by Gasteiger charge is -2.22. The first-order chi connectivity index (χ1) is 11.1. The van der Waals surface area contributed by atoms with Crippen molar-refractivity contribution in [1.82, 2.24) is 4.90 Å². The molecule has 0 aliphatic rings. The standard InChI is InChI=1S/C19H23NO3/c1-3-20(12-18-11-17(13-21)10-9-15(18)2)19(22)23-14-16-7-5-4-6-8-16/h4-11,21H,3,12-14H2,1-2H3. The molecule has 0 heterocycles. The quantitative estimate of drug-likeness (QED) is 0.885. The molecule has 2 aromatic carbocycles. The molecule has 0 saturated carbocycles. The highest BCUT2D eigenvalue weighted by atomic mass is 16.6. The highest BCUT2D eigenvalue weighted by Crippen LogP contribution is 2.15. The van der Waals surface area contributed by atoms with E-state index in [0.29, 0.717) is 13.1 Å². The van der Waals surface area contributed by atoms with Crippen molar-refractivity contribution in [3.05, 3.63) is 70.8 Å². The zero-order valence-corrected chi connectivity index (χ0v) is 13.7. The molecule has 0 spiro atoms. The molecule has 23 heavy (non-hydrogen) atoms. The van der Waals surface area contributed by atoms with E-state index in [1.165, 1.54) is 0 Å². The number of rotatable bonds is 6. The van der Waals surface area contributed by atoms with E-state index in [2.05, 4.69) is 0 Å². The second kappa shape index (κ2) is 8.34. The number of aliphatic hydroxyl groups excluding tert-OH is 1. The van der Waals surface area contributed by atoms with Crippen molar-refractivity contribution in [2.45, 2.75) is 33.6 Å². The predicted octanol–water partition coefficient (Wildman–Crippen LogP) is 3.65. The van der Waals surface area contributed by atoms with Crippen molar-refractivity contribution < 1.29 is 14.6 Å². The molecule has 2 aromatic rings. The Kier molecular flexibility index (Phi) is 6.18. The Labute approximate surface area is 137 Å². The molecule has 0 fully saturated rings. The fourth-order valence-corrected chi connectivity index (χ4v) is 2.32. The van der Waals surface area contributed by atoms with Gasteiger partial charge in [0, 0.05) is 13.1 Å². The molecule has 0 bridgehead atoms. The highest BCUT2D eigenvalue weighted by Gasteiger charge is 2.15. The van der Waals surface area contributed by atoms with Crippen LogP contribution in [0, 0.1) is 6.92 Å². The van der Waals surface area contributed by atoms with Crippen molar-refractivity contribution in [2.75, 3.05) is 6.54 Å². The molecule has 2 rings (SSSR count). The third-order valence-corrected chi connectivity index (χ3v) is 3.80. The van der Waals surface area contributed by atoms with Crippen molar-refractivity contribution in [3.8, 4) is 0 Å². The zero-order chi connectivity index (χ0) is 16.7. The summed E-state index contributed by atoms with van der Waals surface area (Å²) < 4.78 is 5.39. The third-order valence-electron chi connectivity index (χ3n) is 3.80. The number of aliphatic hydroxyl groups is 1. The minimum atomic E-state index is -0.329. The van der Waals surface area contributed by atoms with Crippen LogP contribution in [-0.2, 0) is 24.5 Å². The minimum Gasteiger partial charge on any atom is -0.445 e. The predicted molar refractivity (Wildman–Crippen MR) is 89.8 cm³/mol. The first kappa shape index (κ1) is 17.0. The van der Waals surface area contributed by atoms with Crippen LogP contribution in [0.4, 0.5) is 4.79 Å². The number of aryl methyl sites for hydroxylation is 1. The van der Waals surface area contributed by atoms with Gasteiger partial charge < -0.3 is 14.7 Å². The number of carbonyl (C=O) groups excluding carboxylic acids is 1. The lowest BCUT2D eigenvalue weighted by atomic mass is 10.0. The van der Waals surface area contributed by atoms with Gasteiger partial charge in [0.05, 0.1) is 6.61 Å². The molecule has 0 aromatic heterocycles. The van der Waals surface area contributed by atoms with Crippen LogP contribution in [0.25, 0.3) is 0 Å². The lowest BCUT2D eigenvalue weighted by Crippen LogP contribution is -2.31. The van der Waals surface area contributed by atoms with E-state index in [0.717, 1.165) is 22.3 Å². The van der Waals surface area contributed by atoms with Gasteiger partial charge >= 0.3 is 6.09 Å². The number of ether oxygens (including phenoxy) is 1. The number of hydrogen-bond donors (Lipinski definition) is 1. The molecule has 122 valence electrons. The summed E-state index contributed by atoms with van der Waals surface area (Å²) in [5.41, 5.74) is 3.93. The molecule has 0 saturated heterocycles. The Morgan fingerprint density at radius 1 is 1.13 bits per heavy atom. The van der Waals surface area contributed by atoms with Crippen molar-refractivity contribution >= 4 is 6.09 Å². The first-order valence-electron chi connectivity index (χ1n) is 7.79. The number of hydrogen-bond acceptors (Lipinski definition) is 3. The molecule has 0 unspecified atom stereocenters. The molecule has 4 nitrogen and oxygen atoms in total. The largest absolute Gasteiger partial charge is 0.445 e. The Hall–Kier alpha value is -2.33. The second-order valence-electron chi connectivity index (χ2n) is 5.47. The summed E-state index contributed by atoms with van der Waals surface area (Å²) in [5.74, 6) is 0. The molecular formula is C19H23NO3. The molecule has 0 radical (unpaired) electrons. The maximum atomic E-state index is 12.3. The van der Waals surface area contributed by atoms with Crippen LogP contribution < -0.4 is 0 Å². The second-order valence-corrected chi connectivity index (χ2v) is 5.47. The van der Waals surface area contributed by atoms with E-state index < -0.39 is 0 Å². The minimum absolute atomic E-state index is 0.00212. The Morgan fingerprint density at radius 3 is 2.52 bits per heavy atom. The van der Waals surface area contributed by atoms with Crippen LogP contribution in [-0.4, -0.2) is 22.6 Å². The van der Waals surface area contributed by atoms with E-state index in [4.69, 9.17) is 4.74 Å². The number of benzene rings is 2. The number of carbonyl (C=O) groups is 1. The maximum absolute atomic E-state index is 12.3. The van der Waals surface area contributed by atoms with Crippen LogP contribution in [0.1, 0.15) is 29.2 Å². The zero-order valence-electron chi connectivity index (χ0n) is 13.7. The van der Waals surface area contributed by atoms with Gasteiger partial charge in [-0.05, 0) is 36.1 Å².